The molecule has 0 aliphatic carbocycles. The number of benzene rings is 2. The van der Waals surface area contributed by atoms with Crippen LogP contribution in [0, 0.1) is 12.7 Å². The van der Waals surface area contributed by atoms with Gasteiger partial charge in [0.1, 0.15) is 11.0 Å². The van der Waals surface area contributed by atoms with Gasteiger partial charge in [0, 0.05) is 10.9 Å². The molecule has 1 aromatic heterocycles. The van der Waals surface area contributed by atoms with E-state index in [1.807, 2.05) is 13.0 Å². The second kappa shape index (κ2) is 5.41. The molecule has 0 atom stereocenters. The third kappa shape index (κ3) is 2.46. The fourth-order valence-electron chi connectivity index (χ4n) is 2.11. The van der Waals surface area contributed by atoms with E-state index in [9.17, 15) is 4.39 Å². The van der Waals surface area contributed by atoms with Crippen molar-refractivity contribution in [2.45, 2.75) is 6.92 Å². The van der Waals surface area contributed by atoms with E-state index in [4.69, 9.17) is 34.8 Å². The Morgan fingerprint density at radius 3 is 2.52 bits per heavy atom. The van der Waals surface area contributed by atoms with Crippen molar-refractivity contribution >= 4 is 45.7 Å². The number of hydrogen-bond acceptors (Lipinski definition) is 2. The molecule has 0 saturated heterocycles. The molecule has 3 aromatic rings. The number of rotatable bonds is 1. The normalized spacial score (nSPS) is 11.1. The van der Waals surface area contributed by atoms with Gasteiger partial charge in [-0.1, -0.05) is 46.9 Å². The lowest BCUT2D eigenvalue weighted by Gasteiger charge is -2.09. The second-order valence-electron chi connectivity index (χ2n) is 4.53. The first-order valence-corrected chi connectivity index (χ1v) is 7.19. The maximum Gasteiger partial charge on any atom is 0.163 e. The molecule has 0 bridgehead atoms. The summed E-state index contributed by atoms with van der Waals surface area (Å²) >= 11 is 18.4. The lowest BCUT2D eigenvalue weighted by atomic mass is 10.1. The quantitative estimate of drug-likeness (QED) is 0.530. The van der Waals surface area contributed by atoms with E-state index < -0.39 is 5.82 Å². The standard InChI is InChI=1S/C15H8Cl3FN2/c1-7-5-6-9(16)13-11(7)14(18)21-15(20-13)8-3-2-4-10(19)12(8)17/h2-6H,1H3. The Bertz CT molecular complexity index is 865. The minimum atomic E-state index is -0.538. The summed E-state index contributed by atoms with van der Waals surface area (Å²) in [7, 11) is 0. The van der Waals surface area contributed by atoms with Crippen LogP contribution >= 0.6 is 34.8 Å². The van der Waals surface area contributed by atoms with Gasteiger partial charge in [0.15, 0.2) is 5.82 Å². The monoisotopic (exact) mass is 340 g/mol. The van der Waals surface area contributed by atoms with Gasteiger partial charge in [-0.25, -0.2) is 14.4 Å². The highest BCUT2D eigenvalue weighted by molar-refractivity contribution is 6.39. The van der Waals surface area contributed by atoms with Crippen molar-refractivity contribution in [3.05, 3.63) is 56.9 Å². The molecule has 0 unspecified atom stereocenters. The molecular weight excluding hydrogens is 334 g/mol. The molecule has 2 nitrogen and oxygen atoms in total. The van der Waals surface area contributed by atoms with E-state index in [1.54, 1.807) is 12.1 Å². The Morgan fingerprint density at radius 1 is 1.00 bits per heavy atom. The topological polar surface area (TPSA) is 25.8 Å². The van der Waals surface area contributed by atoms with E-state index in [-0.39, 0.29) is 16.0 Å². The fourth-order valence-corrected chi connectivity index (χ4v) is 2.84. The van der Waals surface area contributed by atoms with Crippen molar-refractivity contribution < 1.29 is 4.39 Å². The van der Waals surface area contributed by atoms with Crippen LogP contribution in [-0.2, 0) is 0 Å². The minimum absolute atomic E-state index is 0.0447. The van der Waals surface area contributed by atoms with Crippen LogP contribution in [0.4, 0.5) is 4.39 Å². The molecule has 106 valence electrons. The smallest absolute Gasteiger partial charge is 0.163 e. The Balaban J connectivity index is 2.36. The maximum atomic E-state index is 13.6. The summed E-state index contributed by atoms with van der Waals surface area (Å²) < 4.78 is 13.6. The van der Waals surface area contributed by atoms with Crippen molar-refractivity contribution in [2.24, 2.45) is 0 Å². The maximum absolute atomic E-state index is 13.6. The van der Waals surface area contributed by atoms with Gasteiger partial charge in [-0.15, -0.1) is 0 Å². The second-order valence-corrected chi connectivity index (χ2v) is 5.67. The van der Waals surface area contributed by atoms with Crippen LogP contribution in [0.25, 0.3) is 22.3 Å². The molecule has 0 N–H and O–H groups in total. The van der Waals surface area contributed by atoms with Gasteiger partial charge in [-0.2, -0.15) is 0 Å². The molecule has 2 aromatic carbocycles. The van der Waals surface area contributed by atoms with Crippen LogP contribution in [0.2, 0.25) is 15.2 Å². The molecule has 0 radical (unpaired) electrons. The third-order valence-electron chi connectivity index (χ3n) is 3.16. The zero-order valence-corrected chi connectivity index (χ0v) is 13.1. The predicted octanol–water partition coefficient (Wildman–Crippen LogP) is 5.70. The molecule has 3 rings (SSSR count). The molecule has 0 aliphatic rings. The predicted molar refractivity (Wildman–Crippen MR) is 84.7 cm³/mol. The fraction of sp³-hybridized carbons (Fsp3) is 0.0667. The van der Waals surface area contributed by atoms with Gasteiger partial charge >= 0.3 is 0 Å². The molecule has 0 saturated carbocycles. The Morgan fingerprint density at radius 2 is 1.76 bits per heavy atom. The lowest BCUT2D eigenvalue weighted by Crippen LogP contribution is -1.95. The molecule has 0 spiro atoms. The van der Waals surface area contributed by atoms with E-state index in [0.29, 0.717) is 21.5 Å². The van der Waals surface area contributed by atoms with Crippen LogP contribution in [-0.4, -0.2) is 9.97 Å². The summed E-state index contributed by atoms with van der Waals surface area (Å²) in [4.78, 5) is 8.61. The van der Waals surface area contributed by atoms with Crippen LogP contribution in [0.5, 0.6) is 0 Å². The van der Waals surface area contributed by atoms with Gasteiger partial charge in [0.05, 0.1) is 15.6 Å². The summed E-state index contributed by atoms with van der Waals surface area (Å²) in [5.41, 5.74) is 1.81. The highest BCUT2D eigenvalue weighted by Crippen LogP contribution is 2.34. The first-order chi connectivity index (χ1) is 9.99. The highest BCUT2D eigenvalue weighted by Gasteiger charge is 2.15. The minimum Gasteiger partial charge on any atom is -0.226 e. The Hall–Kier alpha value is -1.42. The molecule has 1 heterocycles. The first-order valence-electron chi connectivity index (χ1n) is 6.06. The molecule has 0 amide bonds. The lowest BCUT2D eigenvalue weighted by molar-refractivity contribution is 0.628. The van der Waals surface area contributed by atoms with E-state index in [0.717, 1.165) is 5.56 Å². The van der Waals surface area contributed by atoms with Crippen LogP contribution in [0.15, 0.2) is 30.3 Å². The van der Waals surface area contributed by atoms with Crippen LogP contribution in [0.1, 0.15) is 5.56 Å². The van der Waals surface area contributed by atoms with Gasteiger partial charge in [0.2, 0.25) is 0 Å². The van der Waals surface area contributed by atoms with Gasteiger partial charge in [-0.3, -0.25) is 0 Å². The number of nitrogens with zero attached hydrogens (tertiary/aromatic N) is 2. The van der Waals surface area contributed by atoms with Gasteiger partial charge < -0.3 is 0 Å². The van der Waals surface area contributed by atoms with Crippen molar-refractivity contribution in [3.63, 3.8) is 0 Å². The number of halogens is 4. The molecule has 0 fully saturated rings. The molecule has 0 aliphatic heterocycles. The third-order valence-corrected chi connectivity index (χ3v) is 4.12. The summed E-state index contributed by atoms with van der Waals surface area (Å²) in [6.07, 6.45) is 0. The largest absolute Gasteiger partial charge is 0.226 e. The average molecular weight is 342 g/mol. The van der Waals surface area contributed by atoms with Crippen LogP contribution < -0.4 is 0 Å². The number of fused-ring (bicyclic) bond motifs is 1. The van der Waals surface area contributed by atoms with Gasteiger partial charge in [0.25, 0.3) is 0 Å². The average Bonchev–Trinajstić information content (AvgIpc) is 2.45. The van der Waals surface area contributed by atoms with Crippen molar-refractivity contribution in [3.8, 4) is 11.4 Å². The Labute approximate surface area is 135 Å². The number of aromatic nitrogens is 2. The highest BCUT2D eigenvalue weighted by atomic mass is 35.5. The summed E-state index contributed by atoms with van der Waals surface area (Å²) in [5, 5.41) is 1.35. The van der Waals surface area contributed by atoms with Crippen molar-refractivity contribution in [2.75, 3.05) is 0 Å². The van der Waals surface area contributed by atoms with Crippen molar-refractivity contribution in [1.29, 1.82) is 0 Å². The zero-order valence-electron chi connectivity index (χ0n) is 10.8. The molecule has 21 heavy (non-hydrogen) atoms. The zero-order chi connectivity index (χ0) is 15.1. The molecule has 6 heteroatoms. The van der Waals surface area contributed by atoms with E-state index in [1.165, 1.54) is 12.1 Å². The SMILES string of the molecule is Cc1ccc(Cl)c2nc(-c3cccc(F)c3Cl)nc(Cl)c12. The first kappa shape index (κ1) is 14.5. The Kier molecular flexibility index (Phi) is 3.74. The summed E-state index contributed by atoms with van der Waals surface area (Å²) in [6.45, 7) is 1.89. The van der Waals surface area contributed by atoms with E-state index >= 15 is 0 Å². The number of aryl methyl sites for hydroxylation is 1. The van der Waals surface area contributed by atoms with Crippen molar-refractivity contribution in [1.82, 2.24) is 9.97 Å². The summed E-state index contributed by atoms with van der Waals surface area (Å²) in [5.74, 6) is -0.297. The molecular formula is C15H8Cl3FN2. The van der Waals surface area contributed by atoms with Gasteiger partial charge in [-0.05, 0) is 30.7 Å². The van der Waals surface area contributed by atoms with Crippen LogP contribution in [0.3, 0.4) is 0 Å². The summed E-state index contributed by atoms with van der Waals surface area (Å²) in [6, 6.07) is 8.02. The van der Waals surface area contributed by atoms with E-state index in [2.05, 4.69) is 9.97 Å². The number of hydrogen-bond donors (Lipinski definition) is 0.